The SMILES string of the molecule is COC(=O)c1ccc(OCCOCCNCc2ccccc2)cc1. The number of benzene rings is 2. The van der Waals surface area contributed by atoms with Crippen molar-refractivity contribution in [3.05, 3.63) is 65.7 Å². The van der Waals surface area contributed by atoms with Crippen molar-refractivity contribution in [3.8, 4) is 5.75 Å². The molecule has 2 aromatic rings. The van der Waals surface area contributed by atoms with Gasteiger partial charge in [-0.1, -0.05) is 30.3 Å². The Kier molecular flexibility index (Phi) is 7.80. The average Bonchev–Trinajstić information content (AvgIpc) is 2.64. The molecule has 0 saturated heterocycles. The first kappa shape index (κ1) is 18.0. The summed E-state index contributed by atoms with van der Waals surface area (Å²) < 4.78 is 15.7. The summed E-state index contributed by atoms with van der Waals surface area (Å²) in [6.07, 6.45) is 0. The fourth-order valence-corrected chi connectivity index (χ4v) is 2.10. The lowest BCUT2D eigenvalue weighted by molar-refractivity contribution is 0.0600. The minimum Gasteiger partial charge on any atom is -0.491 e. The predicted octanol–water partition coefficient (Wildman–Crippen LogP) is 2.66. The maximum absolute atomic E-state index is 11.3. The molecular weight excluding hydrogens is 306 g/mol. The van der Waals surface area contributed by atoms with Crippen LogP contribution in [0.3, 0.4) is 0 Å². The molecular formula is C19H23NO4. The van der Waals surface area contributed by atoms with E-state index in [0.717, 1.165) is 13.1 Å². The first-order chi connectivity index (χ1) is 11.8. The zero-order chi connectivity index (χ0) is 17.0. The highest BCUT2D eigenvalue weighted by Gasteiger charge is 2.04. The molecule has 24 heavy (non-hydrogen) atoms. The number of hydrogen-bond donors (Lipinski definition) is 1. The molecule has 0 bridgehead atoms. The van der Waals surface area contributed by atoms with E-state index >= 15 is 0 Å². The fourth-order valence-electron chi connectivity index (χ4n) is 2.10. The van der Waals surface area contributed by atoms with Crippen LogP contribution >= 0.6 is 0 Å². The van der Waals surface area contributed by atoms with Crippen molar-refractivity contribution in [1.82, 2.24) is 5.32 Å². The van der Waals surface area contributed by atoms with Gasteiger partial charge in [-0.25, -0.2) is 4.79 Å². The Hall–Kier alpha value is -2.37. The van der Waals surface area contributed by atoms with Gasteiger partial charge in [-0.05, 0) is 29.8 Å². The molecule has 0 heterocycles. The average molecular weight is 329 g/mol. The highest BCUT2D eigenvalue weighted by molar-refractivity contribution is 5.89. The predicted molar refractivity (Wildman–Crippen MR) is 92.2 cm³/mol. The molecule has 128 valence electrons. The molecule has 0 saturated carbocycles. The van der Waals surface area contributed by atoms with Gasteiger partial charge in [-0.2, -0.15) is 0 Å². The van der Waals surface area contributed by atoms with E-state index in [1.54, 1.807) is 24.3 Å². The van der Waals surface area contributed by atoms with Gasteiger partial charge < -0.3 is 19.5 Å². The second kappa shape index (κ2) is 10.4. The Balaban J connectivity index is 1.51. The number of nitrogens with one attached hydrogen (secondary N) is 1. The van der Waals surface area contributed by atoms with Gasteiger partial charge in [0.2, 0.25) is 0 Å². The summed E-state index contributed by atoms with van der Waals surface area (Å²) in [5, 5.41) is 3.32. The van der Waals surface area contributed by atoms with Crippen molar-refractivity contribution in [3.63, 3.8) is 0 Å². The second-order valence-electron chi connectivity index (χ2n) is 5.14. The van der Waals surface area contributed by atoms with E-state index in [4.69, 9.17) is 9.47 Å². The van der Waals surface area contributed by atoms with E-state index in [1.807, 2.05) is 18.2 Å². The normalized spacial score (nSPS) is 10.4. The first-order valence-electron chi connectivity index (χ1n) is 7.93. The molecule has 0 unspecified atom stereocenters. The van der Waals surface area contributed by atoms with Crippen molar-refractivity contribution in [2.24, 2.45) is 0 Å². The molecule has 0 spiro atoms. The Morgan fingerprint density at radius 2 is 1.71 bits per heavy atom. The first-order valence-corrected chi connectivity index (χ1v) is 7.93. The minimum atomic E-state index is -0.354. The third-order valence-corrected chi connectivity index (χ3v) is 3.37. The van der Waals surface area contributed by atoms with Crippen LogP contribution in [-0.2, 0) is 16.0 Å². The minimum absolute atomic E-state index is 0.354. The van der Waals surface area contributed by atoms with E-state index in [9.17, 15) is 4.79 Å². The van der Waals surface area contributed by atoms with Gasteiger partial charge in [-0.15, -0.1) is 0 Å². The molecule has 5 heteroatoms. The van der Waals surface area contributed by atoms with Crippen LogP contribution in [0.4, 0.5) is 0 Å². The fraction of sp³-hybridized carbons (Fsp3) is 0.316. The standard InChI is InChI=1S/C19H23NO4/c1-22-19(21)17-7-9-18(10-8-17)24-14-13-23-12-11-20-15-16-5-3-2-4-6-16/h2-10,20H,11-15H2,1H3. The molecule has 0 aliphatic rings. The maximum atomic E-state index is 11.3. The lowest BCUT2D eigenvalue weighted by atomic mass is 10.2. The number of esters is 1. The van der Waals surface area contributed by atoms with Gasteiger partial charge in [0, 0.05) is 13.1 Å². The molecule has 0 amide bonds. The third-order valence-electron chi connectivity index (χ3n) is 3.37. The monoisotopic (exact) mass is 329 g/mol. The van der Waals surface area contributed by atoms with E-state index in [1.165, 1.54) is 12.7 Å². The van der Waals surface area contributed by atoms with Crippen LogP contribution in [0.5, 0.6) is 5.75 Å². The number of carbonyl (C=O) groups excluding carboxylic acids is 1. The third kappa shape index (κ3) is 6.40. The van der Waals surface area contributed by atoms with Crippen LogP contribution < -0.4 is 10.1 Å². The second-order valence-corrected chi connectivity index (χ2v) is 5.14. The molecule has 0 aliphatic carbocycles. The molecule has 0 aromatic heterocycles. The van der Waals surface area contributed by atoms with Gasteiger partial charge in [0.1, 0.15) is 12.4 Å². The Labute approximate surface area is 142 Å². The van der Waals surface area contributed by atoms with Crippen molar-refractivity contribution in [1.29, 1.82) is 0 Å². The maximum Gasteiger partial charge on any atom is 0.337 e. The highest BCUT2D eigenvalue weighted by atomic mass is 16.5. The summed E-state index contributed by atoms with van der Waals surface area (Å²) in [5.74, 6) is 0.348. The number of methoxy groups -OCH3 is 1. The zero-order valence-corrected chi connectivity index (χ0v) is 13.9. The number of hydrogen-bond acceptors (Lipinski definition) is 5. The van der Waals surface area contributed by atoms with Gasteiger partial charge in [0.25, 0.3) is 0 Å². The van der Waals surface area contributed by atoms with Gasteiger partial charge in [-0.3, -0.25) is 0 Å². The highest BCUT2D eigenvalue weighted by Crippen LogP contribution is 2.12. The van der Waals surface area contributed by atoms with Gasteiger partial charge in [0.05, 0.1) is 25.9 Å². The molecule has 5 nitrogen and oxygen atoms in total. The molecule has 0 atom stereocenters. The summed E-state index contributed by atoms with van der Waals surface area (Å²) in [6, 6.07) is 17.1. The number of ether oxygens (including phenoxy) is 3. The van der Waals surface area contributed by atoms with Crippen molar-refractivity contribution in [2.75, 3.05) is 33.5 Å². The summed E-state index contributed by atoms with van der Waals surface area (Å²) in [4.78, 5) is 11.3. The van der Waals surface area contributed by atoms with Gasteiger partial charge in [0.15, 0.2) is 0 Å². The van der Waals surface area contributed by atoms with E-state index in [2.05, 4.69) is 22.2 Å². The van der Waals surface area contributed by atoms with Crippen LogP contribution in [0.25, 0.3) is 0 Å². The number of carbonyl (C=O) groups is 1. The molecule has 0 fully saturated rings. The molecule has 1 N–H and O–H groups in total. The molecule has 0 aliphatic heterocycles. The Morgan fingerprint density at radius 1 is 0.958 bits per heavy atom. The van der Waals surface area contributed by atoms with Crippen LogP contribution in [0.2, 0.25) is 0 Å². The van der Waals surface area contributed by atoms with Crippen molar-refractivity contribution >= 4 is 5.97 Å². The number of rotatable bonds is 10. The van der Waals surface area contributed by atoms with E-state index < -0.39 is 0 Å². The smallest absolute Gasteiger partial charge is 0.337 e. The Bertz CT molecular complexity index is 599. The topological polar surface area (TPSA) is 56.8 Å². The molecule has 2 aromatic carbocycles. The zero-order valence-electron chi connectivity index (χ0n) is 13.9. The van der Waals surface area contributed by atoms with Crippen LogP contribution in [0.15, 0.2) is 54.6 Å². The quantitative estimate of drug-likeness (QED) is 0.536. The van der Waals surface area contributed by atoms with Gasteiger partial charge >= 0.3 is 5.97 Å². The largest absolute Gasteiger partial charge is 0.491 e. The van der Waals surface area contributed by atoms with E-state index in [-0.39, 0.29) is 5.97 Å². The summed E-state index contributed by atoms with van der Waals surface area (Å²) in [6.45, 7) is 3.26. The molecule has 2 rings (SSSR count). The van der Waals surface area contributed by atoms with Crippen LogP contribution in [-0.4, -0.2) is 39.4 Å². The lowest BCUT2D eigenvalue weighted by Crippen LogP contribution is -2.20. The van der Waals surface area contributed by atoms with E-state index in [0.29, 0.717) is 31.1 Å². The van der Waals surface area contributed by atoms with Crippen molar-refractivity contribution in [2.45, 2.75) is 6.54 Å². The summed E-state index contributed by atoms with van der Waals surface area (Å²) >= 11 is 0. The Morgan fingerprint density at radius 3 is 2.42 bits per heavy atom. The van der Waals surface area contributed by atoms with Crippen LogP contribution in [0, 0.1) is 0 Å². The van der Waals surface area contributed by atoms with Crippen molar-refractivity contribution < 1.29 is 19.0 Å². The molecule has 0 radical (unpaired) electrons. The lowest BCUT2D eigenvalue weighted by Gasteiger charge is -2.08. The summed E-state index contributed by atoms with van der Waals surface area (Å²) in [7, 11) is 1.36. The van der Waals surface area contributed by atoms with Crippen LogP contribution in [0.1, 0.15) is 15.9 Å². The summed E-state index contributed by atoms with van der Waals surface area (Å²) in [5.41, 5.74) is 1.77.